The lowest BCUT2D eigenvalue weighted by Gasteiger charge is -2.47. The third-order valence-corrected chi connectivity index (χ3v) is 11.4. The Hall–Kier alpha value is -0.160. The number of nitrogens with one attached hydrogen (secondary N) is 1. The van der Waals surface area contributed by atoms with Crippen LogP contribution in [-0.2, 0) is 0 Å². The fourth-order valence-corrected chi connectivity index (χ4v) is 7.41. The normalized spacial score (nSPS) is 25.7. The van der Waals surface area contributed by atoms with Gasteiger partial charge in [-0.15, -0.1) is 0 Å². The van der Waals surface area contributed by atoms with Crippen LogP contribution in [0.4, 0.5) is 0 Å². The van der Waals surface area contributed by atoms with Gasteiger partial charge in [0, 0.05) is 20.1 Å². The highest BCUT2D eigenvalue weighted by Crippen LogP contribution is 2.43. The van der Waals surface area contributed by atoms with Crippen LogP contribution in [-0.4, -0.2) is 36.3 Å². The summed E-state index contributed by atoms with van der Waals surface area (Å²) in [7, 11) is 2.18. The molecule has 3 N–H and O–H groups in total. The highest BCUT2D eigenvalue weighted by molar-refractivity contribution is 4.89. The van der Waals surface area contributed by atoms with Gasteiger partial charge in [-0.05, 0) is 79.4 Å². The summed E-state index contributed by atoms with van der Waals surface area (Å²) in [5.41, 5.74) is 10.5. The van der Waals surface area contributed by atoms with E-state index in [2.05, 4.69) is 71.1 Å². The van der Waals surface area contributed by atoms with E-state index >= 15 is 0 Å². The smallest absolute Gasteiger partial charge is 0.0749 e. The molecular weight excluding hydrogens is 476 g/mol. The fourth-order valence-electron chi connectivity index (χ4n) is 7.41. The summed E-state index contributed by atoms with van der Waals surface area (Å²) in [6.07, 6.45) is 22.2. The molecular formula is C35H72N4. The van der Waals surface area contributed by atoms with Crippen molar-refractivity contribution in [3.05, 3.63) is 0 Å². The van der Waals surface area contributed by atoms with Crippen molar-refractivity contribution in [1.82, 2.24) is 15.6 Å². The van der Waals surface area contributed by atoms with Crippen LogP contribution in [0.1, 0.15) is 151 Å². The molecule has 8 atom stereocenters. The molecule has 39 heavy (non-hydrogen) atoms. The van der Waals surface area contributed by atoms with E-state index in [1.54, 1.807) is 0 Å². The molecule has 0 aromatic rings. The summed E-state index contributed by atoms with van der Waals surface area (Å²) >= 11 is 0. The maximum absolute atomic E-state index is 6.82. The van der Waals surface area contributed by atoms with E-state index in [-0.39, 0.29) is 6.17 Å². The van der Waals surface area contributed by atoms with Crippen LogP contribution in [0.3, 0.4) is 0 Å². The van der Waals surface area contributed by atoms with Gasteiger partial charge in [0.05, 0.1) is 6.17 Å². The van der Waals surface area contributed by atoms with Crippen molar-refractivity contribution in [3.63, 3.8) is 0 Å². The van der Waals surface area contributed by atoms with Crippen molar-refractivity contribution < 1.29 is 0 Å². The van der Waals surface area contributed by atoms with Crippen molar-refractivity contribution >= 4 is 0 Å². The zero-order valence-electron chi connectivity index (χ0n) is 27.9. The minimum absolute atomic E-state index is 0.122. The summed E-state index contributed by atoms with van der Waals surface area (Å²) in [5.74, 6) is 6.72. The standard InChI is InChI=1S/C35H72N4/c1-9-27(3)16-14-15-19-31(7)33-20-21-34(33)35(36)38(8)37-39-24-22-32(23-25-39)26-28(4)17-12-11-13-18-30(6)29(5)10-2/h27-35,37H,9-26,36H2,1-8H3. The molecule has 2 aliphatic rings. The van der Waals surface area contributed by atoms with E-state index in [1.165, 1.54) is 103 Å². The lowest BCUT2D eigenvalue weighted by molar-refractivity contribution is -0.0574. The number of hydrogen-bond acceptors (Lipinski definition) is 4. The van der Waals surface area contributed by atoms with Gasteiger partial charge in [-0.1, -0.05) is 119 Å². The average molecular weight is 549 g/mol. The van der Waals surface area contributed by atoms with Gasteiger partial charge in [-0.3, -0.25) is 0 Å². The van der Waals surface area contributed by atoms with Gasteiger partial charge in [-0.2, -0.15) is 5.53 Å². The Balaban J connectivity index is 1.58. The molecule has 0 amide bonds. The molecule has 0 radical (unpaired) electrons. The number of piperidine rings is 1. The van der Waals surface area contributed by atoms with Crippen molar-refractivity contribution in [3.8, 4) is 0 Å². The highest BCUT2D eigenvalue weighted by atomic mass is 15.8. The zero-order chi connectivity index (χ0) is 28.8. The Bertz CT molecular complexity index is 603. The Morgan fingerprint density at radius 3 is 1.92 bits per heavy atom. The van der Waals surface area contributed by atoms with Crippen LogP contribution < -0.4 is 11.3 Å². The largest absolute Gasteiger partial charge is 0.314 e. The maximum Gasteiger partial charge on any atom is 0.0749 e. The second-order valence-corrected chi connectivity index (χ2v) is 14.7. The molecule has 232 valence electrons. The molecule has 2 rings (SSSR count). The summed E-state index contributed by atoms with van der Waals surface area (Å²) in [4.78, 5) is 0. The van der Waals surface area contributed by atoms with Crippen molar-refractivity contribution in [2.45, 2.75) is 157 Å². The van der Waals surface area contributed by atoms with Crippen LogP contribution in [0.25, 0.3) is 0 Å². The van der Waals surface area contributed by atoms with Gasteiger partial charge in [0.2, 0.25) is 0 Å². The Morgan fingerprint density at radius 1 is 0.718 bits per heavy atom. The second-order valence-electron chi connectivity index (χ2n) is 14.7. The second kappa shape index (κ2) is 19.1. The number of nitrogens with zero attached hydrogens (tertiary/aromatic N) is 2. The third-order valence-electron chi connectivity index (χ3n) is 11.4. The quantitative estimate of drug-likeness (QED) is 0.0852. The average Bonchev–Trinajstić information content (AvgIpc) is 2.90. The van der Waals surface area contributed by atoms with E-state index in [0.717, 1.165) is 54.5 Å². The monoisotopic (exact) mass is 549 g/mol. The molecule has 1 aliphatic heterocycles. The van der Waals surface area contributed by atoms with Crippen LogP contribution in [0.15, 0.2) is 0 Å². The van der Waals surface area contributed by atoms with Crippen molar-refractivity contribution in [2.75, 3.05) is 20.1 Å². The number of hydrogen-bond donors (Lipinski definition) is 2. The zero-order valence-corrected chi connectivity index (χ0v) is 27.9. The first kappa shape index (κ1) is 35.0. The minimum atomic E-state index is 0.122. The predicted molar refractivity (Wildman–Crippen MR) is 172 cm³/mol. The van der Waals surface area contributed by atoms with Crippen LogP contribution in [0.5, 0.6) is 0 Å². The first-order valence-corrected chi connectivity index (χ1v) is 17.7. The van der Waals surface area contributed by atoms with Crippen LogP contribution >= 0.6 is 0 Å². The summed E-state index contributed by atoms with van der Waals surface area (Å²) in [5, 5.41) is 4.67. The van der Waals surface area contributed by atoms with Crippen LogP contribution in [0.2, 0.25) is 0 Å². The lowest BCUT2D eigenvalue weighted by atomic mass is 9.65. The van der Waals surface area contributed by atoms with E-state index in [4.69, 9.17) is 5.73 Å². The molecule has 1 aliphatic carbocycles. The molecule has 4 nitrogen and oxygen atoms in total. The van der Waals surface area contributed by atoms with Gasteiger partial charge in [0.1, 0.15) is 0 Å². The molecule has 1 saturated carbocycles. The van der Waals surface area contributed by atoms with Crippen molar-refractivity contribution in [2.24, 2.45) is 53.1 Å². The first-order valence-electron chi connectivity index (χ1n) is 17.7. The molecule has 0 spiro atoms. The van der Waals surface area contributed by atoms with Gasteiger partial charge in [-0.25, -0.2) is 10.0 Å². The van der Waals surface area contributed by atoms with Gasteiger partial charge in [0.25, 0.3) is 0 Å². The number of nitrogens with two attached hydrogens (primary N) is 1. The van der Waals surface area contributed by atoms with Gasteiger partial charge < -0.3 is 5.73 Å². The molecule has 8 unspecified atom stereocenters. The number of unbranched alkanes of at least 4 members (excludes halogenated alkanes) is 3. The highest BCUT2D eigenvalue weighted by Gasteiger charge is 2.40. The van der Waals surface area contributed by atoms with E-state index in [9.17, 15) is 0 Å². The van der Waals surface area contributed by atoms with Gasteiger partial charge in [0.15, 0.2) is 0 Å². The Morgan fingerprint density at radius 2 is 1.31 bits per heavy atom. The Kier molecular flexibility index (Phi) is 17.2. The molecule has 0 aromatic heterocycles. The van der Waals surface area contributed by atoms with Crippen LogP contribution in [0, 0.1) is 47.3 Å². The van der Waals surface area contributed by atoms with Gasteiger partial charge >= 0.3 is 0 Å². The summed E-state index contributed by atoms with van der Waals surface area (Å²) in [6.45, 7) is 19.2. The predicted octanol–water partition coefficient (Wildman–Crippen LogP) is 9.26. The first-order chi connectivity index (χ1) is 18.7. The third kappa shape index (κ3) is 12.7. The van der Waals surface area contributed by atoms with Crippen molar-refractivity contribution in [1.29, 1.82) is 0 Å². The molecule has 2 fully saturated rings. The molecule has 4 heteroatoms. The topological polar surface area (TPSA) is 44.5 Å². The minimum Gasteiger partial charge on any atom is -0.314 e. The molecule has 1 heterocycles. The number of hydrazine groups is 2. The Labute approximate surface area is 245 Å². The lowest BCUT2D eigenvalue weighted by Crippen LogP contribution is -2.61. The fraction of sp³-hybridized carbons (Fsp3) is 1.00. The van der Waals surface area contributed by atoms with E-state index in [0.29, 0.717) is 5.92 Å². The van der Waals surface area contributed by atoms with E-state index in [1.807, 2.05) is 0 Å². The molecule has 0 bridgehead atoms. The van der Waals surface area contributed by atoms with E-state index < -0.39 is 0 Å². The summed E-state index contributed by atoms with van der Waals surface area (Å²) < 4.78 is 0. The maximum atomic E-state index is 6.82. The SMILES string of the molecule is CCC(C)CCCCC(C)C1CCC1C(N)N(C)NN1CCC(CC(C)CCCCCC(C)C(C)CC)CC1. The summed E-state index contributed by atoms with van der Waals surface area (Å²) in [6, 6.07) is 0. The molecule has 0 aromatic carbocycles. The molecule has 1 saturated heterocycles. The number of rotatable bonds is 21.